The molecule has 0 fully saturated rings. The predicted octanol–water partition coefficient (Wildman–Crippen LogP) is 4.38. The van der Waals surface area contributed by atoms with Gasteiger partial charge >= 0.3 is 0 Å². The SMILES string of the molecule is CCCNc1c(CC)c(C)nc2c(F)ccc(C)c12. The lowest BCUT2D eigenvalue weighted by molar-refractivity contribution is 0.636. The maximum atomic E-state index is 14.0. The van der Waals surface area contributed by atoms with E-state index in [2.05, 4.69) is 24.1 Å². The fraction of sp³-hybridized carbons (Fsp3) is 0.438. The molecule has 0 radical (unpaired) electrons. The van der Waals surface area contributed by atoms with E-state index < -0.39 is 0 Å². The number of benzene rings is 1. The van der Waals surface area contributed by atoms with Gasteiger partial charge in [0.2, 0.25) is 0 Å². The summed E-state index contributed by atoms with van der Waals surface area (Å²) in [5, 5.41) is 4.39. The average Bonchev–Trinajstić information content (AvgIpc) is 2.40. The summed E-state index contributed by atoms with van der Waals surface area (Å²) in [7, 11) is 0. The van der Waals surface area contributed by atoms with E-state index in [-0.39, 0.29) is 5.82 Å². The van der Waals surface area contributed by atoms with Gasteiger partial charge in [0.05, 0.1) is 0 Å². The van der Waals surface area contributed by atoms with Crippen LogP contribution < -0.4 is 5.32 Å². The molecule has 0 bridgehead atoms. The van der Waals surface area contributed by atoms with Gasteiger partial charge in [-0.25, -0.2) is 9.37 Å². The van der Waals surface area contributed by atoms with Crippen molar-refractivity contribution >= 4 is 16.6 Å². The number of nitrogens with one attached hydrogen (secondary N) is 1. The third-order valence-corrected chi connectivity index (χ3v) is 3.51. The number of aryl methyl sites for hydroxylation is 2. The predicted molar refractivity (Wildman–Crippen MR) is 79.3 cm³/mol. The molecule has 0 aliphatic heterocycles. The molecule has 0 unspecified atom stereocenters. The van der Waals surface area contributed by atoms with Crippen molar-refractivity contribution < 1.29 is 4.39 Å². The molecule has 0 atom stereocenters. The number of hydrogen-bond acceptors (Lipinski definition) is 2. The second kappa shape index (κ2) is 5.55. The summed E-state index contributed by atoms with van der Waals surface area (Å²) < 4.78 is 14.0. The molecular weight excluding hydrogens is 239 g/mol. The van der Waals surface area contributed by atoms with Crippen molar-refractivity contribution in [3.63, 3.8) is 0 Å². The Kier molecular flexibility index (Phi) is 4.03. The lowest BCUT2D eigenvalue weighted by atomic mass is 10.0. The van der Waals surface area contributed by atoms with Crippen molar-refractivity contribution in [2.75, 3.05) is 11.9 Å². The molecule has 1 N–H and O–H groups in total. The molecule has 1 aromatic carbocycles. The maximum absolute atomic E-state index is 14.0. The number of anilines is 1. The molecule has 0 aliphatic rings. The molecule has 1 heterocycles. The van der Waals surface area contributed by atoms with E-state index in [1.165, 1.54) is 11.6 Å². The Morgan fingerprint density at radius 2 is 1.95 bits per heavy atom. The molecule has 2 nitrogen and oxygen atoms in total. The number of halogens is 1. The van der Waals surface area contributed by atoms with E-state index in [1.54, 1.807) is 0 Å². The summed E-state index contributed by atoms with van der Waals surface area (Å²) in [6.45, 7) is 9.10. The Balaban J connectivity index is 2.80. The number of nitrogens with zero attached hydrogens (tertiary/aromatic N) is 1. The first-order chi connectivity index (χ1) is 9.10. The highest BCUT2D eigenvalue weighted by Gasteiger charge is 2.15. The zero-order valence-corrected chi connectivity index (χ0v) is 12.1. The lowest BCUT2D eigenvalue weighted by Gasteiger charge is -2.17. The van der Waals surface area contributed by atoms with Gasteiger partial charge in [-0.2, -0.15) is 0 Å². The van der Waals surface area contributed by atoms with Crippen molar-refractivity contribution in [3.8, 4) is 0 Å². The maximum Gasteiger partial charge on any atom is 0.149 e. The minimum Gasteiger partial charge on any atom is -0.384 e. The molecule has 102 valence electrons. The van der Waals surface area contributed by atoms with Crippen LogP contribution in [0, 0.1) is 19.7 Å². The quantitative estimate of drug-likeness (QED) is 0.882. The Hall–Kier alpha value is -1.64. The van der Waals surface area contributed by atoms with Gasteiger partial charge in [0.15, 0.2) is 0 Å². The topological polar surface area (TPSA) is 24.9 Å². The first kappa shape index (κ1) is 13.8. The highest BCUT2D eigenvalue weighted by atomic mass is 19.1. The van der Waals surface area contributed by atoms with Crippen LogP contribution in [-0.4, -0.2) is 11.5 Å². The molecule has 0 saturated heterocycles. The zero-order valence-electron chi connectivity index (χ0n) is 12.1. The molecule has 2 rings (SSSR count). The molecule has 2 aromatic rings. The Morgan fingerprint density at radius 1 is 1.21 bits per heavy atom. The van der Waals surface area contributed by atoms with Crippen LogP contribution in [-0.2, 0) is 6.42 Å². The fourth-order valence-electron chi connectivity index (χ4n) is 2.54. The summed E-state index contributed by atoms with van der Waals surface area (Å²) in [6.07, 6.45) is 1.94. The van der Waals surface area contributed by atoms with E-state index in [4.69, 9.17) is 0 Å². The standard InChI is InChI=1S/C16H21FN2/c1-5-9-18-15-12(6-2)11(4)19-16-13(17)8-7-10(3)14(15)16/h7-8H,5-6,9H2,1-4H3,(H,18,19). The highest BCUT2D eigenvalue weighted by molar-refractivity contribution is 5.96. The minimum atomic E-state index is -0.245. The number of pyridine rings is 1. The molecule has 0 aliphatic carbocycles. The number of aromatic nitrogens is 1. The molecule has 0 amide bonds. The van der Waals surface area contributed by atoms with Crippen molar-refractivity contribution in [1.29, 1.82) is 0 Å². The van der Waals surface area contributed by atoms with E-state index in [0.29, 0.717) is 5.52 Å². The van der Waals surface area contributed by atoms with E-state index in [1.807, 2.05) is 19.9 Å². The normalized spacial score (nSPS) is 11.0. The Labute approximate surface area is 114 Å². The summed E-state index contributed by atoms with van der Waals surface area (Å²) in [5.41, 5.74) is 4.71. The molecule has 0 saturated carbocycles. The number of hydrogen-bond donors (Lipinski definition) is 1. The Bertz CT molecular complexity index is 605. The zero-order chi connectivity index (χ0) is 14.0. The highest BCUT2D eigenvalue weighted by Crippen LogP contribution is 2.32. The molecule has 0 spiro atoms. The van der Waals surface area contributed by atoms with Crippen LogP contribution in [0.15, 0.2) is 12.1 Å². The molecule has 1 aromatic heterocycles. The third-order valence-electron chi connectivity index (χ3n) is 3.51. The number of fused-ring (bicyclic) bond motifs is 1. The van der Waals surface area contributed by atoms with E-state index in [0.717, 1.165) is 41.7 Å². The summed E-state index contributed by atoms with van der Waals surface area (Å²) in [4.78, 5) is 4.46. The lowest BCUT2D eigenvalue weighted by Crippen LogP contribution is -2.07. The first-order valence-electron chi connectivity index (χ1n) is 6.92. The smallest absolute Gasteiger partial charge is 0.149 e. The molecule has 19 heavy (non-hydrogen) atoms. The van der Waals surface area contributed by atoms with Crippen LogP contribution in [0.2, 0.25) is 0 Å². The van der Waals surface area contributed by atoms with Crippen LogP contribution in [0.5, 0.6) is 0 Å². The monoisotopic (exact) mass is 260 g/mol. The van der Waals surface area contributed by atoms with Crippen molar-refractivity contribution in [1.82, 2.24) is 4.98 Å². The van der Waals surface area contributed by atoms with Crippen LogP contribution in [0.25, 0.3) is 10.9 Å². The van der Waals surface area contributed by atoms with Crippen LogP contribution in [0.4, 0.5) is 10.1 Å². The van der Waals surface area contributed by atoms with E-state index in [9.17, 15) is 4.39 Å². The first-order valence-corrected chi connectivity index (χ1v) is 6.92. The van der Waals surface area contributed by atoms with Gasteiger partial charge in [0.1, 0.15) is 11.3 Å². The summed E-state index contributed by atoms with van der Waals surface area (Å²) in [6, 6.07) is 3.32. The second-order valence-electron chi connectivity index (χ2n) is 4.92. The summed E-state index contributed by atoms with van der Waals surface area (Å²) >= 11 is 0. The van der Waals surface area contributed by atoms with Crippen molar-refractivity contribution in [3.05, 3.63) is 34.8 Å². The minimum absolute atomic E-state index is 0.245. The van der Waals surface area contributed by atoms with Gasteiger partial charge in [-0.15, -0.1) is 0 Å². The van der Waals surface area contributed by atoms with Gasteiger partial charge < -0.3 is 5.32 Å². The van der Waals surface area contributed by atoms with Gasteiger partial charge in [-0.05, 0) is 43.9 Å². The van der Waals surface area contributed by atoms with Crippen molar-refractivity contribution in [2.24, 2.45) is 0 Å². The van der Waals surface area contributed by atoms with Gasteiger partial charge in [-0.1, -0.05) is 19.9 Å². The summed E-state index contributed by atoms with van der Waals surface area (Å²) in [5.74, 6) is -0.245. The Morgan fingerprint density at radius 3 is 2.58 bits per heavy atom. The van der Waals surface area contributed by atoms with Crippen LogP contribution in [0.1, 0.15) is 37.1 Å². The molecular formula is C16H21FN2. The van der Waals surface area contributed by atoms with Crippen molar-refractivity contribution in [2.45, 2.75) is 40.5 Å². The second-order valence-corrected chi connectivity index (χ2v) is 4.92. The van der Waals surface area contributed by atoms with Crippen LogP contribution in [0.3, 0.4) is 0 Å². The largest absolute Gasteiger partial charge is 0.384 e. The number of rotatable bonds is 4. The van der Waals surface area contributed by atoms with Gasteiger partial charge in [0, 0.05) is 23.3 Å². The average molecular weight is 260 g/mol. The van der Waals surface area contributed by atoms with E-state index >= 15 is 0 Å². The van der Waals surface area contributed by atoms with Gasteiger partial charge in [-0.3, -0.25) is 0 Å². The molecule has 3 heteroatoms. The third kappa shape index (κ3) is 2.42. The van der Waals surface area contributed by atoms with Gasteiger partial charge in [0.25, 0.3) is 0 Å². The van der Waals surface area contributed by atoms with Crippen LogP contribution >= 0.6 is 0 Å². The fourth-order valence-corrected chi connectivity index (χ4v) is 2.54.